The van der Waals surface area contributed by atoms with Gasteiger partial charge in [-0.1, -0.05) is 0 Å². The highest BCUT2D eigenvalue weighted by Crippen LogP contribution is 2.17. The highest BCUT2D eigenvalue weighted by atomic mass is 16.4. The number of hydrogen-bond acceptors (Lipinski definition) is 2. The molecule has 1 N–H and O–H groups in total. The third-order valence-electron chi connectivity index (χ3n) is 2.95. The third kappa shape index (κ3) is 3.42. The molecule has 1 saturated heterocycles. The minimum atomic E-state index is -0.839. The van der Waals surface area contributed by atoms with E-state index in [1.165, 1.54) is 4.90 Å². The topological polar surface area (TPSA) is 60.9 Å². The quantitative estimate of drug-likeness (QED) is 0.741. The maximum atomic E-state index is 11.0. The second kappa shape index (κ2) is 5.00. The molecule has 5 heteroatoms. The molecule has 0 aromatic rings. The smallest absolute Gasteiger partial charge is 0.407 e. The van der Waals surface area contributed by atoms with E-state index in [0.717, 1.165) is 19.4 Å². The predicted octanol–water partition coefficient (Wildman–Crippen LogP) is 0.855. The molecule has 86 valence electrons. The number of nitrogens with zero attached hydrogens (tertiary/aromatic N) is 2. The molecular formula is C10H18N2O3. The fourth-order valence-corrected chi connectivity index (χ4v) is 1.82. The Morgan fingerprint density at radius 3 is 2.33 bits per heavy atom. The lowest BCUT2D eigenvalue weighted by molar-refractivity contribution is -0.128. The molecule has 0 bridgehead atoms. The molecule has 0 aromatic carbocycles. The lowest BCUT2D eigenvalue weighted by Gasteiger charge is -2.32. The standard InChI is InChI=1S/C10H18N2O3/c1-8(13)11(2)7-9-3-5-12(6-4-9)10(14)15/h9H,3-7H2,1-2H3,(H,14,15). The number of rotatable bonds is 2. The van der Waals surface area contributed by atoms with Gasteiger partial charge < -0.3 is 14.9 Å². The molecule has 0 aliphatic carbocycles. The molecule has 0 aromatic heterocycles. The molecular weight excluding hydrogens is 196 g/mol. The Labute approximate surface area is 89.7 Å². The van der Waals surface area contributed by atoms with Crippen molar-refractivity contribution in [1.82, 2.24) is 9.80 Å². The largest absolute Gasteiger partial charge is 0.465 e. The zero-order valence-corrected chi connectivity index (χ0v) is 9.27. The van der Waals surface area contributed by atoms with Crippen LogP contribution in [0.5, 0.6) is 0 Å². The van der Waals surface area contributed by atoms with E-state index in [-0.39, 0.29) is 5.91 Å². The number of amides is 2. The van der Waals surface area contributed by atoms with Crippen molar-refractivity contribution >= 4 is 12.0 Å². The second-order valence-electron chi connectivity index (χ2n) is 4.11. The van der Waals surface area contributed by atoms with Crippen molar-refractivity contribution in [3.05, 3.63) is 0 Å². The van der Waals surface area contributed by atoms with Crippen molar-refractivity contribution < 1.29 is 14.7 Å². The van der Waals surface area contributed by atoms with Gasteiger partial charge in [0.15, 0.2) is 0 Å². The van der Waals surface area contributed by atoms with E-state index in [0.29, 0.717) is 19.0 Å². The van der Waals surface area contributed by atoms with Crippen molar-refractivity contribution in [3.8, 4) is 0 Å². The van der Waals surface area contributed by atoms with Crippen molar-refractivity contribution in [1.29, 1.82) is 0 Å². The van der Waals surface area contributed by atoms with Gasteiger partial charge in [-0.3, -0.25) is 4.79 Å². The average Bonchev–Trinajstić information content (AvgIpc) is 2.18. The number of likely N-dealkylation sites (tertiary alicyclic amines) is 1. The molecule has 1 heterocycles. The summed E-state index contributed by atoms with van der Waals surface area (Å²) < 4.78 is 0. The Balaban J connectivity index is 2.31. The van der Waals surface area contributed by atoms with Gasteiger partial charge in [-0.2, -0.15) is 0 Å². The van der Waals surface area contributed by atoms with Crippen LogP contribution in [-0.2, 0) is 4.79 Å². The first-order chi connectivity index (χ1) is 7.00. The van der Waals surface area contributed by atoms with Gasteiger partial charge in [0.2, 0.25) is 5.91 Å². The summed E-state index contributed by atoms with van der Waals surface area (Å²) in [4.78, 5) is 24.8. The lowest BCUT2D eigenvalue weighted by atomic mass is 9.96. The van der Waals surface area contributed by atoms with E-state index in [1.54, 1.807) is 18.9 Å². The van der Waals surface area contributed by atoms with Crippen molar-refractivity contribution in [2.75, 3.05) is 26.7 Å². The lowest BCUT2D eigenvalue weighted by Crippen LogP contribution is -2.41. The summed E-state index contributed by atoms with van der Waals surface area (Å²) in [6, 6.07) is 0. The number of carbonyl (C=O) groups excluding carboxylic acids is 1. The highest BCUT2D eigenvalue weighted by Gasteiger charge is 2.23. The average molecular weight is 214 g/mol. The van der Waals surface area contributed by atoms with Crippen LogP contribution in [0, 0.1) is 5.92 Å². The van der Waals surface area contributed by atoms with Crippen LogP contribution in [0.1, 0.15) is 19.8 Å². The Morgan fingerprint density at radius 2 is 1.93 bits per heavy atom. The number of hydrogen-bond donors (Lipinski definition) is 1. The van der Waals surface area contributed by atoms with Gasteiger partial charge in [0.05, 0.1) is 0 Å². The minimum absolute atomic E-state index is 0.0654. The summed E-state index contributed by atoms with van der Waals surface area (Å²) in [5, 5.41) is 8.76. The first-order valence-corrected chi connectivity index (χ1v) is 5.20. The molecule has 15 heavy (non-hydrogen) atoms. The molecule has 1 rings (SSSR count). The van der Waals surface area contributed by atoms with Crippen LogP contribution >= 0.6 is 0 Å². The summed E-state index contributed by atoms with van der Waals surface area (Å²) in [6.45, 7) is 3.46. The summed E-state index contributed by atoms with van der Waals surface area (Å²) in [5.41, 5.74) is 0. The number of carboxylic acid groups (broad SMARTS) is 1. The van der Waals surface area contributed by atoms with Gasteiger partial charge in [0, 0.05) is 33.6 Å². The molecule has 2 amide bonds. The van der Waals surface area contributed by atoms with Gasteiger partial charge in [-0.25, -0.2) is 4.79 Å². The van der Waals surface area contributed by atoms with Gasteiger partial charge in [-0.15, -0.1) is 0 Å². The normalized spacial score (nSPS) is 17.6. The van der Waals surface area contributed by atoms with Crippen molar-refractivity contribution in [2.45, 2.75) is 19.8 Å². The van der Waals surface area contributed by atoms with Gasteiger partial charge in [0.1, 0.15) is 0 Å². The zero-order chi connectivity index (χ0) is 11.4. The molecule has 0 unspecified atom stereocenters. The Kier molecular flexibility index (Phi) is 3.94. The molecule has 0 spiro atoms. The summed E-state index contributed by atoms with van der Waals surface area (Å²) >= 11 is 0. The van der Waals surface area contributed by atoms with E-state index >= 15 is 0 Å². The third-order valence-corrected chi connectivity index (χ3v) is 2.95. The molecule has 5 nitrogen and oxygen atoms in total. The number of carbonyl (C=O) groups is 2. The van der Waals surface area contributed by atoms with Crippen molar-refractivity contribution in [3.63, 3.8) is 0 Å². The maximum Gasteiger partial charge on any atom is 0.407 e. The van der Waals surface area contributed by atoms with E-state index < -0.39 is 6.09 Å². The Hall–Kier alpha value is -1.26. The molecule has 1 fully saturated rings. The van der Waals surface area contributed by atoms with Crippen LogP contribution in [0.25, 0.3) is 0 Å². The van der Waals surface area contributed by atoms with Crippen LogP contribution in [0.4, 0.5) is 4.79 Å². The molecule has 1 aliphatic rings. The van der Waals surface area contributed by atoms with Crippen LogP contribution < -0.4 is 0 Å². The Bertz CT molecular complexity index is 247. The molecule has 0 radical (unpaired) electrons. The molecule has 0 atom stereocenters. The number of piperidine rings is 1. The highest BCUT2D eigenvalue weighted by molar-refractivity contribution is 5.72. The van der Waals surface area contributed by atoms with Crippen LogP contribution in [-0.4, -0.2) is 53.6 Å². The van der Waals surface area contributed by atoms with Crippen molar-refractivity contribution in [2.24, 2.45) is 5.92 Å². The molecule has 1 aliphatic heterocycles. The first-order valence-electron chi connectivity index (χ1n) is 5.20. The summed E-state index contributed by atoms with van der Waals surface area (Å²) in [6.07, 6.45) is 0.863. The first kappa shape index (κ1) is 11.8. The van der Waals surface area contributed by atoms with E-state index in [9.17, 15) is 9.59 Å². The zero-order valence-electron chi connectivity index (χ0n) is 9.27. The maximum absolute atomic E-state index is 11.0. The van der Waals surface area contributed by atoms with E-state index in [4.69, 9.17) is 5.11 Å². The van der Waals surface area contributed by atoms with E-state index in [2.05, 4.69) is 0 Å². The summed E-state index contributed by atoms with van der Waals surface area (Å²) in [5.74, 6) is 0.505. The van der Waals surface area contributed by atoms with Crippen LogP contribution in [0.3, 0.4) is 0 Å². The monoisotopic (exact) mass is 214 g/mol. The second-order valence-corrected chi connectivity index (χ2v) is 4.11. The predicted molar refractivity (Wildman–Crippen MR) is 55.6 cm³/mol. The van der Waals surface area contributed by atoms with Gasteiger partial charge in [-0.05, 0) is 18.8 Å². The van der Waals surface area contributed by atoms with Gasteiger partial charge in [0.25, 0.3) is 0 Å². The fraction of sp³-hybridized carbons (Fsp3) is 0.800. The van der Waals surface area contributed by atoms with E-state index in [1.807, 2.05) is 0 Å². The SMILES string of the molecule is CC(=O)N(C)CC1CCN(C(=O)O)CC1. The minimum Gasteiger partial charge on any atom is -0.465 e. The Morgan fingerprint density at radius 1 is 1.40 bits per heavy atom. The summed E-state index contributed by atoms with van der Waals surface area (Å²) in [7, 11) is 1.78. The van der Waals surface area contributed by atoms with Crippen LogP contribution in [0.2, 0.25) is 0 Å². The van der Waals surface area contributed by atoms with Crippen LogP contribution in [0.15, 0.2) is 0 Å². The fourth-order valence-electron chi connectivity index (χ4n) is 1.82. The van der Waals surface area contributed by atoms with Gasteiger partial charge >= 0.3 is 6.09 Å². The molecule has 0 saturated carbocycles.